The number of aliphatic imine (C=N–C) groups is 1. The molecule has 3 rings (SSSR count). The van der Waals surface area contributed by atoms with Gasteiger partial charge in [0.15, 0.2) is 0 Å². The van der Waals surface area contributed by atoms with Gasteiger partial charge in [0.1, 0.15) is 5.69 Å². The summed E-state index contributed by atoms with van der Waals surface area (Å²) in [5.74, 6) is -0.115. The molecule has 1 N–H and O–H groups in total. The van der Waals surface area contributed by atoms with Crippen LogP contribution in [0.25, 0.3) is 0 Å². The van der Waals surface area contributed by atoms with Crippen molar-refractivity contribution in [3.8, 4) is 0 Å². The van der Waals surface area contributed by atoms with Gasteiger partial charge in [0.2, 0.25) is 0 Å². The minimum atomic E-state index is -0.115. The molecular weight excluding hydrogens is 404 g/mol. The summed E-state index contributed by atoms with van der Waals surface area (Å²) < 4.78 is 0. The third-order valence-electron chi connectivity index (χ3n) is 5.22. The van der Waals surface area contributed by atoms with Crippen LogP contribution < -0.4 is 5.32 Å². The number of benzene rings is 2. The minimum Gasteiger partial charge on any atom is -0.366 e. The molecule has 162 valence electrons. The molecule has 5 nitrogen and oxygen atoms in total. The summed E-state index contributed by atoms with van der Waals surface area (Å²) in [6.45, 7) is 7.80. The van der Waals surface area contributed by atoms with Gasteiger partial charge >= 0.3 is 0 Å². The lowest BCUT2D eigenvalue weighted by molar-refractivity contribution is 0.0949. The van der Waals surface area contributed by atoms with Crippen molar-refractivity contribution in [3.05, 3.63) is 80.8 Å². The Kier molecular flexibility index (Phi) is 7.95. The van der Waals surface area contributed by atoms with E-state index < -0.39 is 0 Å². The Morgan fingerprint density at radius 1 is 1.19 bits per heavy atom. The number of nitrogens with one attached hydrogen (secondary N) is 1. The van der Waals surface area contributed by atoms with Gasteiger partial charge in [-0.25, -0.2) is 9.98 Å². The van der Waals surface area contributed by atoms with Crippen molar-refractivity contribution in [2.24, 2.45) is 4.99 Å². The molecule has 0 saturated carbocycles. The van der Waals surface area contributed by atoms with Crippen molar-refractivity contribution >= 4 is 29.3 Å². The van der Waals surface area contributed by atoms with Crippen molar-refractivity contribution in [1.82, 2.24) is 15.2 Å². The molecular formula is C25H30N4OS. The molecule has 0 aliphatic heterocycles. The zero-order valence-electron chi connectivity index (χ0n) is 18.7. The SMILES string of the molecule is CCN(C)/C=N/c1cc(C)c(Cc2nc(C(=O)NCCc3ccccc3)cs2)cc1C. The Balaban J connectivity index is 1.60. The summed E-state index contributed by atoms with van der Waals surface area (Å²) in [5.41, 5.74) is 6.22. The largest absolute Gasteiger partial charge is 0.366 e. The van der Waals surface area contributed by atoms with E-state index in [1.165, 1.54) is 28.0 Å². The maximum atomic E-state index is 12.4. The molecule has 0 radical (unpaired) electrons. The van der Waals surface area contributed by atoms with E-state index in [0.717, 1.165) is 29.2 Å². The molecule has 0 aliphatic carbocycles. The highest BCUT2D eigenvalue weighted by Crippen LogP contribution is 2.25. The van der Waals surface area contributed by atoms with E-state index in [4.69, 9.17) is 0 Å². The zero-order chi connectivity index (χ0) is 22.2. The smallest absolute Gasteiger partial charge is 0.270 e. The van der Waals surface area contributed by atoms with E-state index in [2.05, 4.69) is 60.3 Å². The number of thiazole rings is 1. The van der Waals surface area contributed by atoms with Gasteiger partial charge in [-0.2, -0.15) is 0 Å². The Morgan fingerprint density at radius 3 is 2.71 bits per heavy atom. The second kappa shape index (κ2) is 10.9. The van der Waals surface area contributed by atoms with E-state index >= 15 is 0 Å². The molecule has 0 unspecified atom stereocenters. The normalized spacial score (nSPS) is 11.1. The van der Waals surface area contributed by atoms with Gasteiger partial charge in [0.05, 0.1) is 17.0 Å². The van der Waals surface area contributed by atoms with Crippen LogP contribution >= 0.6 is 11.3 Å². The summed E-state index contributed by atoms with van der Waals surface area (Å²) in [4.78, 5) is 23.6. The Hall–Kier alpha value is -2.99. The van der Waals surface area contributed by atoms with Crippen LogP contribution in [0.15, 0.2) is 52.8 Å². The molecule has 0 saturated heterocycles. The van der Waals surface area contributed by atoms with Gasteiger partial charge in [-0.15, -0.1) is 11.3 Å². The fraction of sp³-hybridized carbons (Fsp3) is 0.320. The summed E-state index contributed by atoms with van der Waals surface area (Å²) in [5, 5.41) is 5.75. The zero-order valence-corrected chi connectivity index (χ0v) is 19.5. The first-order valence-electron chi connectivity index (χ1n) is 10.6. The summed E-state index contributed by atoms with van der Waals surface area (Å²) in [6, 6.07) is 14.4. The molecule has 1 heterocycles. The molecule has 0 bridgehead atoms. The summed E-state index contributed by atoms with van der Waals surface area (Å²) in [7, 11) is 2.01. The first kappa shape index (κ1) is 22.7. The number of rotatable bonds is 9. The van der Waals surface area contributed by atoms with Crippen LogP contribution in [0.1, 0.15) is 44.7 Å². The minimum absolute atomic E-state index is 0.115. The van der Waals surface area contributed by atoms with Gasteiger partial charge < -0.3 is 10.2 Å². The van der Waals surface area contributed by atoms with Crippen molar-refractivity contribution in [2.45, 2.75) is 33.6 Å². The highest BCUT2D eigenvalue weighted by atomic mass is 32.1. The van der Waals surface area contributed by atoms with Crippen LogP contribution in [0.3, 0.4) is 0 Å². The standard InChI is InChI=1S/C25H30N4OS/c1-5-29(4)17-27-22-14-18(2)21(13-19(22)3)15-24-28-23(16-31-24)25(30)26-12-11-20-9-7-6-8-10-20/h6-10,13-14,16-17H,5,11-12,15H2,1-4H3,(H,26,30)/b27-17+. The van der Waals surface area contributed by atoms with Crippen molar-refractivity contribution < 1.29 is 4.79 Å². The van der Waals surface area contributed by atoms with Crippen molar-refractivity contribution in [1.29, 1.82) is 0 Å². The van der Waals surface area contributed by atoms with E-state index in [0.29, 0.717) is 18.7 Å². The number of hydrogen-bond donors (Lipinski definition) is 1. The van der Waals surface area contributed by atoms with E-state index in [-0.39, 0.29) is 5.91 Å². The quantitative estimate of drug-likeness (QED) is 0.384. The molecule has 31 heavy (non-hydrogen) atoms. The predicted molar refractivity (Wildman–Crippen MR) is 130 cm³/mol. The molecule has 0 atom stereocenters. The summed E-state index contributed by atoms with van der Waals surface area (Å²) >= 11 is 1.53. The van der Waals surface area contributed by atoms with E-state index in [9.17, 15) is 4.79 Å². The second-order valence-electron chi connectivity index (χ2n) is 7.68. The van der Waals surface area contributed by atoms with Crippen molar-refractivity contribution in [3.63, 3.8) is 0 Å². The van der Waals surface area contributed by atoms with Gasteiger partial charge in [-0.05, 0) is 55.5 Å². The number of amides is 1. The Labute approximate surface area is 188 Å². The Bertz CT molecular complexity index is 1040. The number of nitrogens with zero attached hydrogens (tertiary/aromatic N) is 3. The maximum Gasteiger partial charge on any atom is 0.270 e. The molecule has 1 amide bonds. The van der Waals surface area contributed by atoms with Gasteiger partial charge in [0, 0.05) is 31.9 Å². The number of hydrogen-bond acceptors (Lipinski definition) is 4. The number of aromatic nitrogens is 1. The average molecular weight is 435 g/mol. The van der Waals surface area contributed by atoms with E-state index in [1.807, 2.05) is 41.9 Å². The maximum absolute atomic E-state index is 12.4. The van der Waals surface area contributed by atoms with Crippen LogP contribution in [0.2, 0.25) is 0 Å². The van der Waals surface area contributed by atoms with Crippen LogP contribution in [0.4, 0.5) is 5.69 Å². The fourth-order valence-electron chi connectivity index (χ4n) is 3.15. The second-order valence-corrected chi connectivity index (χ2v) is 8.62. The number of aryl methyl sites for hydroxylation is 2. The predicted octanol–water partition coefficient (Wildman–Crippen LogP) is 4.93. The van der Waals surface area contributed by atoms with Gasteiger partial charge in [-0.3, -0.25) is 4.79 Å². The monoisotopic (exact) mass is 434 g/mol. The third-order valence-corrected chi connectivity index (χ3v) is 6.06. The molecule has 6 heteroatoms. The molecule has 0 fully saturated rings. The van der Waals surface area contributed by atoms with Crippen LogP contribution in [-0.2, 0) is 12.8 Å². The lowest BCUT2D eigenvalue weighted by Crippen LogP contribution is -2.26. The van der Waals surface area contributed by atoms with Crippen LogP contribution in [0.5, 0.6) is 0 Å². The van der Waals surface area contributed by atoms with Crippen LogP contribution in [0, 0.1) is 13.8 Å². The lowest BCUT2D eigenvalue weighted by atomic mass is 10.0. The number of carbonyl (C=O) groups excluding carboxylic acids is 1. The first-order chi connectivity index (χ1) is 15.0. The van der Waals surface area contributed by atoms with Crippen LogP contribution in [-0.4, -0.2) is 42.3 Å². The lowest BCUT2D eigenvalue weighted by Gasteiger charge is -2.11. The Morgan fingerprint density at radius 2 is 1.97 bits per heavy atom. The molecule has 0 aliphatic rings. The number of carbonyl (C=O) groups is 1. The van der Waals surface area contributed by atoms with E-state index in [1.54, 1.807) is 0 Å². The fourth-order valence-corrected chi connectivity index (χ4v) is 3.94. The summed E-state index contributed by atoms with van der Waals surface area (Å²) in [6.07, 6.45) is 3.39. The molecule has 0 spiro atoms. The van der Waals surface area contributed by atoms with Crippen molar-refractivity contribution in [2.75, 3.05) is 20.1 Å². The average Bonchev–Trinajstić information content (AvgIpc) is 3.24. The molecule has 2 aromatic carbocycles. The molecule has 3 aromatic rings. The highest BCUT2D eigenvalue weighted by molar-refractivity contribution is 7.09. The van der Waals surface area contributed by atoms with Gasteiger partial charge in [-0.1, -0.05) is 36.4 Å². The highest BCUT2D eigenvalue weighted by Gasteiger charge is 2.12. The topological polar surface area (TPSA) is 57.6 Å². The first-order valence-corrected chi connectivity index (χ1v) is 11.4. The molecule has 1 aromatic heterocycles. The third kappa shape index (κ3) is 6.49. The van der Waals surface area contributed by atoms with Gasteiger partial charge in [0.25, 0.3) is 5.91 Å².